The summed E-state index contributed by atoms with van der Waals surface area (Å²) in [5.41, 5.74) is 2.94. The second-order valence-electron chi connectivity index (χ2n) is 5.18. The van der Waals surface area contributed by atoms with Crippen LogP contribution in [0.5, 0.6) is 5.75 Å². The molecule has 0 saturated carbocycles. The third-order valence-electron chi connectivity index (χ3n) is 3.52. The molecule has 1 aromatic carbocycles. The maximum Gasteiger partial charge on any atom is 0.134 e. The van der Waals surface area contributed by atoms with Gasteiger partial charge in [-0.1, -0.05) is 13.0 Å². The Kier molecular flexibility index (Phi) is 5.67. The Labute approximate surface area is 116 Å². The van der Waals surface area contributed by atoms with Gasteiger partial charge in [0.15, 0.2) is 0 Å². The number of hydrogen-bond acceptors (Lipinski definition) is 3. The van der Waals surface area contributed by atoms with Gasteiger partial charge in [0.1, 0.15) is 11.9 Å². The van der Waals surface area contributed by atoms with Crippen molar-refractivity contribution in [1.29, 1.82) is 0 Å². The first-order valence-corrected chi connectivity index (χ1v) is 7.31. The van der Waals surface area contributed by atoms with Crippen LogP contribution < -0.4 is 10.1 Å². The zero-order valence-corrected chi connectivity index (χ0v) is 12.1. The molecule has 0 aliphatic heterocycles. The monoisotopic (exact) mass is 263 g/mol. The van der Waals surface area contributed by atoms with Crippen LogP contribution in [0.25, 0.3) is 0 Å². The maximum absolute atomic E-state index is 6.04. The Morgan fingerprint density at radius 2 is 2.11 bits per heavy atom. The molecule has 1 unspecified atom stereocenters. The van der Waals surface area contributed by atoms with Crippen molar-refractivity contribution in [3.8, 4) is 5.75 Å². The molecule has 2 rings (SSSR count). The van der Waals surface area contributed by atoms with Crippen LogP contribution in [-0.2, 0) is 17.6 Å². The van der Waals surface area contributed by atoms with Crippen LogP contribution in [0.15, 0.2) is 18.2 Å². The topological polar surface area (TPSA) is 30.5 Å². The van der Waals surface area contributed by atoms with Gasteiger partial charge in [0, 0.05) is 13.7 Å². The van der Waals surface area contributed by atoms with Crippen molar-refractivity contribution in [3.05, 3.63) is 29.3 Å². The van der Waals surface area contributed by atoms with Gasteiger partial charge in [-0.3, -0.25) is 0 Å². The standard InChI is InChI=1S/C16H25NO2/c1-3-9-17-11-16(12-18-2)19-15-8-7-13-5-4-6-14(13)10-15/h7-8,10,16-17H,3-6,9,11-12H2,1-2H3. The highest BCUT2D eigenvalue weighted by molar-refractivity contribution is 5.38. The highest BCUT2D eigenvalue weighted by Gasteiger charge is 2.14. The number of fused-ring (bicyclic) bond motifs is 1. The predicted octanol–water partition coefficient (Wildman–Crippen LogP) is 2.57. The second kappa shape index (κ2) is 7.51. The first-order chi connectivity index (χ1) is 9.33. The van der Waals surface area contributed by atoms with Crippen molar-refractivity contribution in [2.24, 2.45) is 0 Å². The minimum Gasteiger partial charge on any atom is -0.487 e. The second-order valence-corrected chi connectivity index (χ2v) is 5.18. The van der Waals surface area contributed by atoms with Crippen molar-refractivity contribution in [3.63, 3.8) is 0 Å². The number of aryl methyl sites for hydroxylation is 2. The van der Waals surface area contributed by atoms with Crippen molar-refractivity contribution in [1.82, 2.24) is 5.32 Å². The van der Waals surface area contributed by atoms with Crippen LogP contribution in [0.2, 0.25) is 0 Å². The molecule has 1 aromatic rings. The minimum atomic E-state index is 0.0796. The molecule has 0 aromatic heterocycles. The Morgan fingerprint density at radius 1 is 1.26 bits per heavy atom. The molecule has 0 radical (unpaired) electrons. The summed E-state index contributed by atoms with van der Waals surface area (Å²) in [6.07, 6.45) is 4.90. The molecule has 0 fully saturated rings. The highest BCUT2D eigenvalue weighted by Crippen LogP contribution is 2.26. The number of methoxy groups -OCH3 is 1. The number of ether oxygens (including phenoxy) is 2. The Morgan fingerprint density at radius 3 is 2.89 bits per heavy atom. The van der Waals surface area contributed by atoms with Crippen LogP contribution in [-0.4, -0.2) is 32.9 Å². The van der Waals surface area contributed by atoms with E-state index in [9.17, 15) is 0 Å². The van der Waals surface area contributed by atoms with E-state index in [1.54, 1.807) is 7.11 Å². The highest BCUT2D eigenvalue weighted by atomic mass is 16.5. The van der Waals surface area contributed by atoms with Gasteiger partial charge in [0.05, 0.1) is 6.61 Å². The maximum atomic E-state index is 6.04. The van der Waals surface area contributed by atoms with E-state index < -0.39 is 0 Å². The molecule has 0 heterocycles. The van der Waals surface area contributed by atoms with Crippen LogP contribution >= 0.6 is 0 Å². The summed E-state index contributed by atoms with van der Waals surface area (Å²) < 4.78 is 11.3. The van der Waals surface area contributed by atoms with Gasteiger partial charge in [-0.05, 0) is 55.5 Å². The van der Waals surface area contributed by atoms with E-state index in [0.717, 1.165) is 25.3 Å². The van der Waals surface area contributed by atoms with Gasteiger partial charge in [0.25, 0.3) is 0 Å². The summed E-state index contributed by atoms with van der Waals surface area (Å²) >= 11 is 0. The SMILES string of the molecule is CCCNCC(COC)Oc1ccc2c(c1)CCC2. The third-order valence-corrected chi connectivity index (χ3v) is 3.52. The van der Waals surface area contributed by atoms with Gasteiger partial charge in [0.2, 0.25) is 0 Å². The summed E-state index contributed by atoms with van der Waals surface area (Å²) in [5.74, 6) is 0.973. The van der Waals surface area contributed by atoms with Crippen LogP contribution in [0, 0.1) is 0 Å². The molecular formula is C16H25NO2. The molecule has 0 spiro atoms. The largest absolute Gasteiger partial charge is 0.487 e. The van der Waals surface area contributed by atoms with E-state index >= 15 is 0 Å². The molecule has 19 heavy (non-hydrogen) atoms. The zero-order valence-electron chi connectivity index (χ0n) is 12.1. The number of rotatable bonds is 8. The van der Waals surface area contributed by atoms with Crippen LogP contribution in [0.1, 0.15) is 30.9 Å². The van der Waals surface area contributed by atoms with Crippen molar-refractivity contribution in [2.45, 2.75) is 38.7 Å². The molecule has 0 amide bonds. The average Bonchev–Trinajstić information content (AvgIpc) is 2.86. The molecule has 1 N–H and O–H groups in total. The van der Waals surface area contributed by atoms with Crippen molar-refractivity contribution >= 4 is 0 Å². The summed E-state index contributed by atoms with van der Waals surface area (Å²) in [6.45, 7) is 4.64. The molecule has 3 nitrogen and oxygen atoms in total. The summed E-state index contributed by atoms with van der Waals surface area (Å²) in [4.78, 5) is 0. The molecule has 0 bridgehead atoms. The van der Waals surface area contributed by atoms with E-state index in [1.807, 2.05) is 0 Å². The fourth-order valence-corrected chi connectivity index (χ4v) is 2.57. The molecular weight excluding hydrogens is 238 g/mol. The van der Waals surface area contributed by atoms with Crippen LogP contribution in [0.3, 0.4) is 0 Å². The number of hydrogen-bond donors (Lipinski definition) is 1. The molecule has 0 saturated heterocycles. The quantitative estimate of drug-likeness (QED) is 0.731. The average molecular weight is 263 g/mol. The first kappa shape index (κ1) is 14.4. The lowest BCUT2D eigenvalue weighted by Crippen LogP contribution is -2.35. The lowest BCUT2D eigenvalue weighted by molar-refractivity contribution is 0.0807. The Balaban J connectivity index is 1.92. The van der Waals surface area contributed by atoms with Crippen molar-refractivity contribution < 1.29 is 9.47 Å². The Hall–Kier alpha value is -1.06. The Bertz CT molecular complexity index is 392. The van der Waals surface area contributed by atoms with Gasteiger partial charge in [-0.2, -0.15) is 0 Å². The fourth-order valence-electron chi connectivity index (χ4n) is 2.57. The minimum absolute atomic E-state index is 0.0796. The third kappa shape index (κ3) is 4.22. The molecule has 3 heteroatoms. The molecule has 1 atom stereocenters. The lowest BCUT2D eigenvalue weighted by Gasteiger charge is -2.19. The number of benzene rings is 1. The molecule has 1 aliphatic rings. The van der Waals surface area contributed by atoms with E-state index in [1.165, 1.54) is 30.4 Å². The normalized spacial score (nSPS) is 15.3. The molecule has 1 aliphatic carbocycles. The molecule has 106 valence electrons. The van der Waals surface area contributed by atoms with E-state index in [0.29, 0.717) is 6.61 Å². The van der Waals surface area contributed by atoms with Crippen molar-refractivity contribution in [2.75, 3.05) is 26.8 Å². The van der Waals surface area contributed by atoms with Gasteiger partial charge in [-0.15, -0.1) is 0 Å². The summed E-state index contributed by atoms with van der Waals surface area (Å²) in [5, 5.41) is 3.39. The summed E-state index contributed by atoms with van der Waals surface area (Å²) in [7, 11) is 1.72. The van der Waals surface area contributed by atoms with Crippen LogP contribution in [0.4, 0.5) is 0 Å². The van der Waals surface area contributed by atoms with Gasteiger partial charge < -0.3 is 14.8 Å². The van der Waals surface area contributed by atoms with E-state index in [-0.39, 0.29) is 6.10 Å². The zero-order chi connectivity index (χ0) is 13.5. The fraction of sp³-hybridized carbons (Fsp3) is 0.625. The van der Waals surface area contributed by atoms with Gasteiger partial charge >= 0.3 is 0 Å². The van der Waals surface area contributed by atoms with E-state index in [2.05, 4.69) is 30.4 Å². The smallest absolute Gasteiger partial charge is 0.134 e. The first-order valence-electron chi connectivity index (χ1n) is 7.31. The predicted molar refractivity (Wildman–Crippen MR) is 77.9 cm³/mol. The van der Waals surface area contributed by atoms with Gasteiger partial charge in [-0.25, -0.2) is 0 Å². The number of nitrogens with one attached hydrogen (secondary N) is 1. The summed E-state index contributed by atoms with van der Waals surface area (Å²) in [6, 6.07) is 6.50. The van der Waals surface area contributed by atoms with E-state index in [4.69, 9.17) is 9.47 Å². The lowest BCUT2D eigenvalue weighted by atomic mass is 10.1.